The third kappa shape index (κ3) is 4.90. The molecule has 0 spiro atoms. The van der Waals surface area contributed by atoms with Gasteiger partial charge in [-0.3, -0.25) is 4.74 Å². The van der Waals surface area contributed by atoms with Gasteiger partial charge < -0.3 is 0 Å². The molecule has 0 aromatic carbocycles. The molecule has 0 aliphatic rings. The average molecular weight is 235 g/mol. The predicted molar refractivity (Wildman–Crippen MR) is 32.3 cm³/mol. The lowest BCUT2D eigenvalue weighted by Crippen LogP contribution is -2.33. The van der Waals surface area contributed by atoms with E-state index >= 15 is 0 Å². The molecule has 0 radical (unpaired) electrons. The van der Waals surface area contributed by atoms with Gasteiger partial charge in [0.15, 0.2) is 0 Å². The van der Waals surface area contributed by atoms with Crippen molar-refractivity contribution in [3.05, 3.63) is 0 Å². The zero-order valence-corrected chi connectivity index (χ0v) is 6.90. The van der Waals surface area contributed by atoms with E-state index in [1.54, 1.807) is 0 Å². The predicted octanol–water partition coefficient (Wildman–Crippen LogP) is 3.19. The molecular formula is C3HCl3F4O. The maximum Gasteiger partial charge on any atom is 0.525 e. The van der Waals surface area contributed by atoms with Crippen LogP contribution in [0.25, 0.3) is 0 Å². The van der Waals surface area contributed by atoms with Crippen LogP contribution in [0.4, 0.5) is 17.6 Å². The molecule has 0 aliphatic heterocycles. The van der Waals surface area contributed by atoms with Gasteiger partial charge in [0.1, 0.15) is 0 Å². The Bertz CT molecular complexity index is 133. The molecule has 0 aromatic rings. The highest BCUT2D eigenvalue weighted by molar-refractivity contribution is 6.50. The first-order valence-corrected chi connectivity index (χ1v) is 3.27. The monoisotopic (exact) mass is 234 g/mol. The van der Waals surface area contributed by atoms with E-state index < -0.39 is 16.5 Å². The number of rotatable bonds is 2. The Kier molecular flexibility index (Phi) is 3.69. The molecule has 1 nitrogen and oxygen atoms in total. The number of ether oxygens (including phenoxy) is 1. The van der Waals surface area contributed by atoms with Crippen molar-refractivity contribution in [3.8, 4) is 0 Å². The first-order chi connectivity index (χ1) is 4.65. The van der Waals surface area contributed by atoms with Crippen LogP contribution in [0, 0.1) is 0 Å². The van der Waals surface area contributed by atoms with E-state index in [0.717, 1.165) is 0 Å². The minimum Gasteiger partial charge on any atom is -0.250 e. The standard InChI is InChI=1S/C3HCl3F4O/c4-1(7)2(5,6)11-3(8,9)10/h1H. The third-order valence-electron chi connectivity index (χ3n) is 0.506. The Hall–Kier alpha value is 0.550. The first-order valence-electron chi connectivity index (χ1n) is 2.08. The number of halogens is 7. The molecule has 8 heteroatoms. The van der Waals surface area contributed by atoms with Crippen molar-refractivity contribution in [2.75, 3.05) is 0 Å². The summed E-state index contributed by atoms with van der Waals surface area (Å²) in [6, 6.07) is 0. The van der Waals surface area contributed by atoms with E-state index in [4.69, 9.17) is 0 Å². The molecule has 0 aliphatic carbocycles. The van der Waals surface area contributed by atoms with Crippen molar-refractivity contribution in [3.63, 3.8) is 0 Å². The van der Waals surface area contributed by atoms with Crippen molar-refractivity contribution in [1.29, 1.82) is 0 Å². The summed E-state index contributed by atoms with van der Waals surface area (Å²) in [5.41, 5.74) is -2.66. The molecule has 0 amide bonds. The van der Waals surface area contributed by atoms with Crippen molar-refractivity contribution in [2.45, 2.75) is 16.5 Å². The SMILES string of the molecule is FC(Cl)C(Cl)(Cl)OC(F)(F)F. The van der Waals surface area contributed by atoms with Crippen LogP contribution in [0.3, 0.4) is 0 Å². The summed E-state index contributed by atoms with van der Waals surface area (Å²) in [6.45, 7) is 0. The second-order valence-corrected chi connectivity index (χ2v) is 3.11. The van der Waals surface area contributed by atoms with Gasteiger partial charge in [-0.15, -0.1) is 13.2 Å². The van der Waals surface area contributed by atoms with Gasteiger partial charge >= 0.3 is 6.36 Å². The molecule has 0 aromatic heterocycles. The van der Waals surface area contributed by atoms with Crippen LogP contribution >= 0.6 is 34.8 Å². The van der Waals surface area contributed by atoms with Gasteiger partial charge in [0, 0.05) is 0 Å². The van der Waals surface area contributed by atoms with Crippen LogP contribution in [0.2, 0.25) is 0 Å². The van der Waals surface area contributed by atoms with E-state index in [-0.39, 0.29) is 0 Å². The Labute approximate surface area is 74.2 Å². The van der Waals surface area contributed by atoms with Crippen LogP contribution in [0.15, 0.2) is 0 Å². The van der Waals surface area contributed by atoms with Crippen LogP contribution in [-0.2, 0) is 4.74 Å². The minimum atomic E-state index is -5.12. The molecule has 0 fully saturated rings. The second-order valence-electron chi connectivity index (χ2n) is 1.41. The lowest BCUT2D eigenvalue weighted by molar-refractivity contribution is -0.341. The molecule has 0 saturated heterocycles. The highest BCUT2D eigenvalue weighted by Crippen LogP contribution is 2.37. The summed E-state index contributed by atoms with van der Waals surface area (Å²) in [5, 5.41) is 0. The number of alkyl halides is 7. The molecular weight excluding hydrogens is 234 g/mol. The zero-order valence-electron chi connectivity index (χ0n) is 4.63. The van der Waals surface area contributed by atoms with E-state index in [9.17, 15) is 17.6 Å². The molecule has 11 heavy (non-hydrogen) atoms. The van der Waals surface area contributed by atoms with Gasteiger partial charge in [-0.2, -0.15) is 0 Å². The Morgan fingerprint density at radius 2 is 1.55 bits per heavy atom. The van der Waals surface area contributed by atoms with Crippen molar-refractivity contribution >= 4 is 34.8 Å². The first kappa shape index (κ1) is 11.6. The fraction of sp³-hybridized carbons (Fsp3) is 1.00. The number of hydrogen-bond acceptors (Lipinski definition) is 1. The summed E-state index contributed by atoms with van der Waals surface area (Å²) >= 11 is 13.9. The Morgan fingerprint density at radius 3 is 1.64 bits per heavy atom. The van der Waals surface area contributed by atoms with Crippen LogP contribution in [-0.4, -0.2) is 16.5 Å². The van der Waals surface area contributed by atoms with Gasteiger partial charge in [-0.25, -0.2) is 4.39 Å². The van der Waals surface area contributed by atoms with E-state index in [0.29, 0.717) is 0 Å². The third-order valence-corrected chi connectivity index (χ3v) is 1.57. The lowest BCUT2D eigenvalue weighted by Gasteiger charge is -2.20. The minimum absolute atomic E-state index is 2.66. The van der Waals surface area contributed by atoms with Gasteiger partial charge in [-0.1, -0.05) is 34.8 Å². The summed E-state index contributed by atoms with van der Waals surface area (Å²) in [5.74, 6) is 0. The summed E-state index contributed by atoms with van der Waals surface area (Å²) < 4.78 is 45.6. The van der Waals surface area contributed by atoms with Gasteiger partial charge in [0.25, 0.3) is 4.52 Å². The molecule has 68 valence electrons. The molecule has 0 saturated carbocycles. The summed E-state index contributed by atoms with van der Waals surface area (Å²) in [4.78, 5) is 0. The van der Waals surface area contributed by atoms with Gasteiger partial charge in [-0.05, 0) is 0 Å². The van der Waals surface area contributed by atoms with Crippen LogP contribution < -0.4 is 0 Å². The molecule has 0 heterocycles. The van der Waals surface area contributed by atoms with Crippen LogP contribution in [0.1, 0.15) is 0 Å². The quantitative estimate of drug-likeness (QED) is 0.527. The highest BCUT2D eigenvalue weighted by Gasteiger charge is 2.46. The van der Waals surface area contributed by atoms with E-state index in [1.165, 1.54) is 0 Å². The number of hydrogen-bond donors (Lipinski definition) is 0. The van der Waals surface area contributed by atoms with E-state index in [2.05, 4.69) is 39.5 Å². The van der Waals surface area contributed by atoms with E-state index in [1.807, 2.05) is 0 Å². The van der Waals surface area contributed by atoms with Crippen molar-refractivity contribution in [2.24, 2.45) is 0 Å². The summed E-state index contributed by atoms with van der Waals surface area (Å²) in [7, 11) is 0. The second kappa shape index (κ2) is 3.51. The maximum atomic E-state index is 11.9. The molecule has 1 atom stereocenters. The Balaban J connectivity index is 4.13. The lowest BCUT2D eigenvalue weighted by atomic mass is 10.8. The molecule has 0 N–H and O–H groups in total. The normalized spacial score (nSPS) is 16.6. The van der Waals surface area contributed by atoms with Gasteiger partial charge in [0.2, 0.25) is 5.63 Å². The van der Waals surface area contributed by atoms with Crippen molar-refractivity contribution < 1.29 is 22.3 Å². The zero-order chi connectivity index (χ0) is 9.28. The molecule has 1 unspecified atom stereocenters. The molecule has 0 bridgehead atoms. The maximum absolute atomic E-state index is 11.9. The van der Waals surface area contributed by atoms with Crippen molar-refractivity contribution in [1.82, 2.24) is 0 Å². The van der Waals surface area contributed by atoms with Gasteiger partial charge in [0.05, 0.1) is 0 Å². The Morgan fingerprint density at radius 1 is 1.18 bits per heavy atom. The average Bonchev–Trinajstić information content (AvgIpc) is 1.56. The fourth-order valence-electron chi connectivity index (χ4n) is 0.199. The largest absolute Gasteiger partial charge is 0.525 e. The smallest absolute Gasteiger partial charge is 0.250 e. The highest BCUT2D eigenvalue weighted by atomic mass is 35.5. The summed E-state index contributed by atoms with van der Waals surface area (Å²) in [6.07, 6.45) is -5.12. The topological polar surface area (TPSA) is 9.23 Å². The van der Waals surface area contributed by atoms with Crippen LogP contribution in [0.5, 0.6) is 0 Å². The molecule has 0 rings (SSSR count). The fourth-order valence-corrected chi connectivity index (χ4v) is 0.418.